The number of hydrogen-bond acceptors (Lipinski definition) is 5. The minimum absolute atomic E-state index is 0.391. The van der Waals surface area contributed by atoms with Crippen molar-refractivity contribution in [3.8, 4) is 11.4 Å². The fourth-order valence-electron chi connectivity index (χ4n) is 2.57. The highest BCUT2D eigenvalue weighted by Gasteiger charge is 2.23. The summed E-state index contributed by atoms with van der Waals surface area (Å²) in [7, 11) is 1.38. The van der Waals surface area contributed by atoms with E-state index >= 15 is 0 Å². The third-order valence-corrected chi connectivity index (χ3v) is 3.70. The van der Waals surface area contributed by atoms with E-state index in [4.69, 9.17) is 4.74 Å². The van der Waals surface area contributed by atoms with E-state index in [1.54, 1.807) is 0 Å². The molecule has 1 aliphatic heterocycles. The number of carbonyl (C=O) groups excluding carboxylic acids is 1. The zero-order chi connectivity index (χ0) is 14.8. The maximum atomic E-state index is 12.0. The molecule has 1 aromatic heterocycles. The molecule has 0 radical (unpaired) electrons. The Bertz CT molecular complexity index is 698. The van der Waals surface area contributed by atoms with E-state index in [-0.39, 0.29) is 0 Å². The molecule has 1 N–H and O–H groups in total. The Labute approximate surface area is 123 Å². The van der Waals surface area contributed by atoms with Gasteiger partial charge in [-0.15, -0.1) is 0 Å². The van der Waals surface area contributed by atoms with E-state index in [0.717, 1.165) is 35.3 Å². The number of carbonyl (C=O) groups is 1. The highest BCUT2D eigenvalue weighted by atomic mass is 16.5. The van der Waals surface area contributed by atoms with Crippen LogP contribution in [-0.2, 0) is 17.7 Å². The first kappa shape index (κ1) is 13.7. The lowest BCUT2D eigenvalue weighted by atomic mass is 10.0. The summed E-state index contributed by atoms with van der Waals surface area (Å²) in [4.78, 5) is 21.1. The quantitative estimate of drug-likeness (QED) is 0.853. The zero-order valence-electron chi connectivity index (χ0n) is 12.1. The molecule has 0 bridgehead atoms. The van der Waals surface area contributed by atoms with Crippen LogP contribution in [0.5, 0.6) is 0 Å². The molecule has 5 heteroatoms. The predicted octanol–water partition coefficient (Wildman–Crippen LogP) is 1.88. The van der Waals surface area contributed by atoms with Crippen LogP contribution in [0.2, 0.25) is 0 Å². The van der Waals surface area contributed by atoms with Crippen LogP contribution in [0, 0.1) is 6.92 Å². The summed E-state index contributed by atoms with van der Waals surface area (Å²) >= 11 is 0. The molecule has 2 heterocycles. The molecular formula is C16H17N3O2. The molecular weight excluding hydrogens is 266 g/mol. The first-order chi connectivity index (χ1) is 10.2. The van der Waals surface area contributed by atoms with E-state index < -0.39 is 5.97 Å². The van der Waals surface area contributed by atoms with Crippen LogP contribution in [0.1, 0.15) is 27.3 Å². The number of nitrogens with zero attached hydrogens (tertiary/aromatic N) is 2. The summed E-state index contributed by atoms with van der Waals surface area (Å²) in [6, 6.07) is 7.89. The molecule has 108 valence electrons. The normalized spacial score (nSPS) is 13.6. The van der Waals surface area contributed by atoms with E-state index in [0.29, 0.717) is 18.1 Å². The van der Waals surface area contributed by atoms with Crippen molar-refractivity contribution in [3.05, 3.63) is 46.8 Å². The topological polar surface area (TPSA) is 64.1 Å². The van der Waals surface area contributed by atoms with Gasteiger partial charge in [0.1, 0.15) is 0 Å². The summed E-state index contributed by atoms with van der Waals surface area (Å²) in [5.74, 6) is 0.182. The summed E-state index contributed by atoms with van der Waals surface area (Å²) in [6.07, 6.45) is 0.744. The van der Waals surface area contributed by atoms with E-state index in [2.05, 4.69) is 15.3 Å². The van der Waals surface area contributed by atoms with Crippen LogP contribution in [0.3, 0.4) is 0 Å². The Morgan fingerprint density at radius 2 is 2.10 bits per heavy atom. The zero-order valence-corrected chi connectivity index (χ0v) is 12.1. The molecule has 0 aliphatic carbocycles. The van der Waals surface area contributed by atoms with Crippen molar-refractivity contribution in [2.45, 2.75) is 19.9 Å². The van der Waals surface area contributed by atoms with E-state index in [1.165, 1.54) is 7.11 Å². The van der Waals surface area contributed by atoms with Crippen molar-refractivity contribution < 1.29 is 9.53 Å². The van der Waals surface area contributed by atoms with Gasteiger partial charge >= 0.3 is 5.97 Å². The van der Waals surface area contributed by atoms with Gasteiger partial charge in [-0.25, -0.2) is 14.8 Å². The largest absolute Gasteiger partial charge is 0.464 e. The van der Waals surface area contributed by atoms with Gasteiger partial charge in [0, 0.05) is 17.7 Å². The molecule has 0 fully saturated rings. The second-order valence-electron chi connectivity index (χ2n) is 5.05. The fourth-order valence-corrected chi connectivity index (χ4v) is 2.57. The third kappa shape index (κ3) is 2.52. The second-order valence-corrected chi connectivity index (χ2v) is 5.05. The molecule has 3 rings (SSSR count). The van der Waals surface area contributed by atoms with Crippen molar-refractivity contribution in [2.24, 2.45) is 0 Å². The summed E-state index contributed by atoms with van der Waals surface area (Å²) in [5, 5.41) is 3.28. The Kier molecular flexibility index (Phi) is 3.66. The number of aryl methyl sites for hydroxylation is 1. The number of ether oxygens (including phenoxy) is 1. The lowest BCUT2D eigenvalue weighted by Gasteiger charge is -2.19. The Hall–Kier alpha value is -2.27. The predicted molar refractivity (Wildman–Crippen MR) is 79.0 cm³/mol. The van der Waals surface area contributed by atoms with Gasteiger partial charge in [-0.3, -0.25) is 0 Å². The van der Waals surface area contributed by atoms with E-state index in [1.807, 2.05) is 31.2 Å². The number of benzene rings is 1. The average Bonchev–Trinajstić information content (AvgIpc) is 2.53. The van der Waals surface area contributed by atoms with Gasteiger partial charge in [-0.05, 0) is 25.5 Å². The molecule has 0 amide bonds. The van der Waals surface area contributed by atoms with Crippen LogP contribution in [-0.4, -0.2) is 29.6 Å². The number of hydrogen-bond donors (Lipinski definition) is 1. The molecule has 0 atom stereocenters. The molecule has 1 aliphatic rings. The minimum atomic E-state index is -0.398. The van der Waals surface area contributed by atoms with Gasteiger partial charge in [0.25, 0.3) is 0 Å². The standard InChI is InChI=1S/C16H17N3O2/c1-10-5-3-4-6-11(10)15-18-13-9-17-8-7-12(13)14(19-15)16(20)21-2/h3-6,17H,7-9H2,1-2H3. The lowest BCUT2D eigenvalue weighted by molar-refractivity contribution is 0.0592. The van der Waals surface area contributed by atoms with Crippen LogP contribution in [0.25, 0.3) is 11.4 Å². The third-order valence-electron chi connectivity index (χ3n) is 3.70. The smallest absolute Gasteiger partial charge is 0.357 e. The van der Waals surface area contributed by atoms with Crippen molar-refractivity contribution in [3.63, 3.8) is 0 Å². The number of rotatable bonds is 2. The average molecular weight is 283 g/mol. The highest BCUT2D eigenvalue weighted by Crippen LogP contribution is 2.24. The molecule has 0 saturated carbocycles. The molecule has 0 spiro atoms. The number of esters is 1. The number of aromatic nitrogens is 2. The minimum Gasteiger partial charge on any atom is -0.464 e. The molecule has 0 unspecified atom stereocenters. The van der Waals surface area contributed by atoms with Gasteiger partial charge in [-0.1, -0.05) is 24.3 Å². The van der Waals surface area contributed by atoms with Gasteiger partial charge in [0.15, 0.2) is 11.5 Å². The van der Waals surface area contributed by atoms with Crippen LogP contribution in [0.4, 0.5) is 0 Å². The number of nitrogens with one attached hydrogen (secondary N) is 1. The van der Waals surface area contributed by atoms with Gasteiger partial charge in [-0.2, -0.15) is 0 Å². The van der Waals surface area contributed by atoms with Crippen molar-refractivity contribution in [1.82, 2.24) is 15.3 Å². The van der Waals surface area contributed by atoms with Crippen LogP contribution < -0.4 is 5.32 Å². The SMILES string of the molecule is COC(=O)c1nc(-c2ccccc2C)nc2c1CCNC2. The number of methoxy groups -OCH3 is 1. The summed E-state index contributed by atoms with van der Waals surface area (Å²) in [6.45, 7) is 3.49. The fraction of sp³-hybridized carbons (Fsp3) is 0.312. The maximum absolute atomic E-state index is 12.0. The molecule has 5 nitrogen and oxygen atoms in total. The molecule has 2 aromatic rings. The van der Waals surface area contributed by atoms with Crippen molar-refractivity contribution in [2.75, 3.05) is 13.7 Å². The van der Waals surface area contributed by atoms with Gasteiger partial charge in [0.2, 0.25) is 0 Å². The first-order valence-electron chi connectivity index (χ1n) is 6.95. The molecule has 0 saturated heterocycles. The van der Waals surface area contributed by atoms with Crippen LogP contribution >= 0.6 is 0 Å². The first-order valence-corrected chi connectivity index (χ1v) is 6.95. The highest BCUT2D eigenvalue weighted by molar-refractivity contribution is 5.89. The molecule has 21 heavy (non-hydrogen) atoms. The second kappa shape index (κ2) is 5.61. The Morgan fingerprint density at radius 3 is 2.86 bits per heavy atom. The van der Waals surface area contributed by atoms with Gasteiger partial charge < -0.3 is 10.1 Å². The number of fused-ring (bicyclic) bond motifs is 1. The van der Waals surface area contributed by atoms with E-state index in [9.17, 15) is 4.79 Å². The van der Waals surface area contributed by atoms with Crippen molar-refractivity contribution in [1.29, 1.82) is 0 Å². The summed E-state index contributed by atoms with van der Waals surface area (Å²) in [5.41, 5.74) is 4.20. The van der Waals surface area contributed by atoms with Crippen LogP contribution in [0.15, 0.2) is 24.3 Å². The monoisotopic (exact) mass is 283 g/mol. The molecule has 1 aromatic carbocycles. The van der Waals surface area contributed by atoms with Crippen molar-refractivity contribution >= 4 is 5.97 Å². The Balaban J connectivity index is 2.19. The van der Waals surface area contributed by atoms with Gasteiger partial charge in [0.05, 0.1) is 12.8 Å². The summed E-state index contributed by atoms with van der Waals surface area (Å²) < 4.78 is 4.87. The lowest BCUT2D eigenvalue weighted by Crippen LogP contribution is -2.28. The Morgan fingerprint density at radius 1 is 1.29 bits per heavy atom. The maximum Gasteiger partial charge on any atom is 0.357 e.